The molecule has 0 fully saturated rings. The smallest absolute Gasteiger partial charge is 0.200 e. The normalized spacial score (nSPS) is 11.0. The molecule has 0 aliphatic heterocycles. The number of para-hydroxylation sites is 2. The van der Waals surface area contributed by atoms with Gasteiger partial charge in [-0.25, -0.2) is 29.5 Å². The van der Waals surface area contributed by atoms with E-state index in [1.54, 1.807) is 30.3 Å². The second-order valence-electron chi connectivity index (χ2n) is 17.2. The van der Waals surface area contributed by atoms with Gasteiger partial charge in [0, 0.05) is 49.4 Å². The summed E-state index contributed by atoms with van der Waals surface area (Å²) in [6, 6.07) is 67.0. The van der Waals surface area contributed by atoms with Crippen LogP contribution in [0.5, 0.6) is 0 Å². The van der Waals surface area contributed by atoms with Crippen molar-refractivity contribution in [1.29, 1.82) is 10.5 Å². The average Bonchev–Trinajstić information content (AvgIpc) is 3.96. The van der Waals surface area contributed by atoms with Crippen LogP contribution in [0.3, 0.4) is 0 Å². The molecule has 0 amide bonds. The molecule has 10 nitrogen and oxygen atoms in total. The fraction of sp³-hybridized carbons (Fsp3) is 0. The van der Waals surface area contributed by atoms with Gasteiger partial charge in [0.2, 0.25) is 0 Å². The van der Waals surface area contributed by atoms with Gasteiger partial charge in [-0.2, -0.15) is 10.5 Å². The summed E-state index contributed by atoms with van der Waals surface area (Å²) >= 11 is 0. The second-order valence-corrected chi connectivity index (χ2v) is 17.2. The van der Waals surface area contributed by atoms with E-state index in [9.17, 15) is 10.5 Å². The zero-order valence-electron chi connectivity index (χ0n) is 37.9. The minimum Gasteiger partial charge on any atom is -0.308 e. The molecule has 0 N–H and O–H groups in total. The zero-order valence-corrected chi connectivity index (χ0v) is 37.9. The summed E-state index contributed by atoms with van der Waals surface area (Å²) in [5.41, 5.74) is 12.3. The van der Waals surface area contributed by atoms with Crippen LogP contribution in [0.1, 0.15) is 11.1 Å². The second kappa shape index (κ2) is 17.3. The number of fused-ring (bicyclic) bond motifs is 6. The monoisotopic (exact) mass is 916 g/mol. The van der Waals surface area contributed by atoms with Crippen molar-refractivity contribution in [1.82, 2.24) is 24.1 Å². The number of hydrogen-bond donors (Lipinski definition) is 0. The fourth-order valence-corrected chi connectivity index (χ4v) is 9.76. The van der Waals surface area contributed by atoms with E-state index in [4.69, 9.17) is 34.7 Å². The van der Waals surface area contributed by atoms with Crippen LogP contribution in [0, 0.1) is 42.4 Å². The standard InChI is InChI=1S/C62H32N10/c1-65-46-28-38(36-63)26-44(30-46)42-22-24-56-50(32-42)48-18-10-12-20-54(48)71(56)58-34-52(62-69-60(40-14-6-4-7-15-40)68-61(70-62)41-16-8-5-9-17-41)53(67-3)35-59(58)72-55-21-13-11-19-49(55)51-33-43(23-25-57(51)72)45-27-39(37-64)29-47(31-45)66-2/h4-35H. The summed E-state index contributed by atoms with van der Waals surface area (Å²) in [7, 11) is 0. The van der Waals surface area contributed by atoms with Crippen molar-refractivity contribution in [3.8, 4) is 79.9 Å². The summed E-state index contributed by atoms with van der Waals surface area (Å²) < 4.78 is 4.42. The van der Waals surface area contributed by atoms with E-state index >= 15 is 0 Å². The highest BCUT2D eigenvalue weighted by molar-refractivity contribution is 6.13. The van der Waals surface area contributed by atoms with Gasteiger partial charge in [0.15, 0.2) is 34.5 Å². The number of hydrogen-bond acceptors (Lipinski definition) is 5. The largest absolute Gasteiger partial charge is 0.308 e. The predicted octanol–water partition coefficient (Wildman–Crippen LogP) is 15.8. The first-order valence-electron chi connectivity index (χ1n) is 22.8. The minimum absolute atomic E-state index is 0.330. The van der Waals surface area contributed by atoms with Crippen LogP contribution in [0.25, 0.3) is 126 Å². The summed E-state index contributed by atoms with van der Waals surface area (Å²) in [6.45, 7) is 24.3. The molecule has 0 saturated carbocycles. The molecule has 0 spiro atoms. The first kappa shape index (κ1) is 42.4. The van der Waals surface area contributed by atoms with Crippen molar-refractivity contribution in [2.45, 2.75) is 0 Å². The molecule has 10 heteroatoms. The van der Waals surface area contributed by atoms with E-state index in [1.807, 2.05) is 115 Å². The Hall–Kier alpha value is -11.0. The van der Waals surface area contributed by atoms with E-state index in [0.717, 1.165) is 88.4 Å². The van der Waals surface area contributed by atoms with E-state index in [-0.39, 0.29) is 0 Å². The third-order valence-electron chi connectivity index (χ3n) is 13.0. The molecule has 72 heavy (non-hydrogen) atoms. The van der Waals surface area contributed by atoms with Crippen LogP contribution < -0.4 is 0 Å². The highest BCUT2D eigenvalue weighted by Gasteiger charge is 2.25. The Morgan fingerprint density at radius 1 is 0.361 bits per heavy atom. The Morgan fingerprint density at radius 3 is 1.25 bits per heavy atom. The molecule has 0 bridgehead atoms. The van der Waals surface area contributed by atoms with E-state index in [2.05, 4.69) is 84.3 Å². The van der Waals surface area contributed by atoms with Gasteiger partial charge >= 0.3 is 0 Å². The minimum atomic E-state index is 0.330. The quantitative estimate of drug-likeness (QED) is 0.148. The van der Waals surface area contributed by atoms with E-state index in [0.29, 0.717) is 51.2 Å². The van der Waals surface area contributed by atoms with E-state index < -0.39 is 0 Å². The Balaban J connectivity index is 1.18. The van der Waals surface area contributed by atoms with Crippen molar-refractivity contribution in [3.63, 3.8) is 0 Å². The molecule has 9 aromatic carbocycles. The molecule has 12 aromatic rings. The van der Waals surface area contributed by atoms with Crippen molar-refractivity contribution < 1.29 is 0 Å². The van der Waals surface area contributed by atoms with Crippen molar-refractivity contribution in [2.24, 2.45) is 0 Å². The maximum Gasteiger partial charge on any atom is 0.200 e. The van der Waals surface area contributed by atoms with Gasteiger partial charge in [-0.15, -0.1) is 0 Å². The number of nitriles is 2. The Bertz CT molecular complexity index is 4330. The third kappa shape index (κ3) is 7.13. The number of benzene rings is 9. The molecule has 0 aliphatic rings. The van der Waals surface area contributed by atoms with Crippen molar-refractivity contribution in [2.75, 3.05) is 0 Å². The van der Waals surface area contributed by atoms with Crippen LogP contribution in [0.15, 0.2) is 194 Å². The lowest BCUT2D eigenvalue weighted by Crippen LogP contribution is -2.06. The number of nitrogens with zero attached hydrogens (tertiary/aromatic N) is 10. The number of rotatable bonds is 7. The van der Waals surface area contributed by atoms with Crippen LogP contribution in [-0.2, 0) is 0 Å². The molecule has 330 valence electrons. The van der Waals surface area contributed by atoms with Gasteiger partial charge < -0.3 is 9.13 Å². The SMILES string of the molecule is [C-]#[N+]c1cc(C#N)cc(-c2ccc3c(c2)c2ccccc2n3-c2cc([N+]#[C-])c(-c3nc(-c4ccccc4)nc(-c4ccccc4)n3)cc2-n2c3ccccc3c3cc(-c4cc(C#N)cc([N+]#[C-])c4)ccc32)c1. The van der Waals surface area contributed by atoms with Gasteiger partial charge in [0.05, 0.1) is 65.3 Å². The summed E-state index contributed by atoms with van der Waals surface area (Å²) in [6.07, 6.45) is 0. The lowest BCUT2D eigenvalue weighted by Gasteiger charge is -2.20. The van der Waals surface area contributed by atoms with Crippen LogP contribution in [0.2, 0.25) is 0 Å². The number of aromatic nitrogens is 5. The predicted molar refractivity (Wildman–Crippen MR) is 284 cm³/mol. The summed E-state index contributed by atoms with van der Waals surface area (Å²) in [5.74, 6) is 1.27. The molecule has 3 aromatic heterocycles. The molecule has 0 saturated heterocycles. The highest BCUT2D eigenvalue weighted by Crippen LogP contribution is 2.44. The first-order valence-corrected chi connectivity index (χ1v) is 22.8. The molecule has 12 rings (SSSR count). The van der Waals surface area contributed by atoms with E-state index in [1.165, 1.54) is 0 Å². The maximum atomic E-state index is 9.89. The lowest BCUT2D eigenvalue weighted by atomic mass is 10.00. The Labute approximate surface area is 412 Å². The molecule has 0 aliphatic carbocycles. The highest BCUT2D eigenvalue weighted by atomic mass is 15.1. The van der Waals surface area contributed by atoms with Gasteiger partial charge in [0.1, 0.15) is 0 Å². The van der Waals surface area contributed by atoms with Gasteiger partial charge in [-0.05, 0) is 107 Å². The Kier molecular flexibility index (Phi) is 10.2. The molecule has 0 radical (unpaired) electrons. The zero-order chi connectivity index (χ0) is 48.9. The van der Waals surface area contributed by atoms with Crippen LogP contribution >= 0.6 is 0 Å². The molecule has 3 heterocycles. The lowest BCUT2D eigenvalue weighted by molar-refractivity contribution is 1.07. The van der Waals surface area contributed by atoms with Gasteiger partial charge in [0.25, 0.3) is 0 Å². The molecule has 0 atom stereocenters. The first-order chi connectivity index (χ1) is 35.4. The Morgan fingerprint density at radius 2 is 0.792 bits per heavy atom. The van der Waals surface area contributed by atoms with Gasteiger partial charge in [-0.3, -0.25) is 0 Å². The molecular formula is C62H32N10. The third-order valence-corrected chi connectivity index (χ3v) is 13.0. The van der Waals surface area contributed by atoms with Crippen molar-refractivity contribution >= 4 is 60.7 Å². The molecular weight excluding hydrogens is 885 g/mol. The van der Waals surface area contributed by atoms with Gasteiger partial charge in [-0.1, -0.05) is 109 Å². The van der Waals surface area contributed by atoms with Crippen LogP contribution in [-0.4, -0.2) is 24.1 Å². The topological polar surface area (TPSA) is 109 Å². The molecule has 0 unspecified atom stereocenters. The average molecular weight is 917 g/mol. The maximum absolute atomic E-state index is 9.89. The fourth-order valence-electron chi connectivity index (χ4n) is 9.76. The van der Waals surface area contributed by atoms with Crippen molar-refractivity contribution in [3.05, 3.63) is 240 Å². The summed E-state index contributed by atoms with van der Waals surface area (Å²) in [4.78, 5) is 26.7. The van der Waals surface area contributed by atoms with Crippen LogP contribution in [0.4, 0.5) is 17.1 Å². The summed E-state index contributed by atoms with van der Waals surface area (Å²) in [5, 5.41) is 23.6.